The zero-order chi connectivity index (χ0) is 20.6. The highest BCUT2D eigenvalue weighted by molar-refractivity contribution is 5.79. The standard InChI is InChI=1S/C21H29N7O/c1-16-14-17(2)27(25-16)12-5-11-23-21(22-3)24-15-18-10-13-28(26-18)19-6-8-20(29-4)9-7-19/h6-10,13-14H,5,11-12,15H2,1-4H3,(H2,22,23,24). The van der Waals surface area contributed by atoms with E-state index in [4.69, 9.17) is 4.74 Å². The van der Waals surface area contributed by atoms with E-state index in [1.807, 2.05) is 52.8 Å². The van der Waals surface area contributed by atoms with Gasteiger partial charge in [0.2, 0.25) is 0 Å². The highest BCUT2D eigenvalue weighted by atomic mass is 16.5. The lowest BCUT2D eigenvalue weighted by Crippen LogP contribution is -2.37. The number of hydrogen-bond acceptors (Lipinski definition) is 4. The second-order valence-electron chi connectivity index (χ2n) is 6.81. The molecule has 3 aromatic rings. The van der Waals surface area contributed by atoms with Gasteiger partial charge in [0, 0.05) is 32.0 Å². The van der Waals surface area contributed by atoms with Crippen LogP contribution in [0.25, 0.3) is 5.69 Å². The van der Waals surface area contributed by atoms with E-state index in [9.17, 15) is 0 Å². The fourth-order valence-electron chi connectivity index (χ4n) is 3.07. The molecule has 0 amide bonds. The summed E-state index contributed by atoms with van der Waals surface area (Å²) in [5, 5.41) is 15.7. The third-order valence-electron chi connectivity index (χ3n) is 4.58. The zero-order valence-corrected chi connectivity index (χ0v) is 17.5. The summed E-state index contributed by atoms with van der Waals surface area (Å²) >= 11 is 0. The van der Waals surface area contributed by atoms with Crippen LogP contribution in [0.15, 0.2) is 47.6 Å². The molecule has 2 aromatic heterocycles. The van der Waals surface area contributed by atoms with Crippen LogP contribution in [0.1, 0.15) is 23.5 Å². The number of rotatable bonds is 8. The molecule has 29 heavy (non-hydrogen) atoms. The third kappa shape index (κ3) is 5.60. The van der Waals surface area contributed by atoms with Crippen LogP contribution in [0.4, 0.5) is 0 Å². The summed E-state index contributed by atoms with van der Waals surface area (Å²) in [6.07, 6.45) is 2.91. The topological polar surface area (TPSA) is 81.3 Å². The Bertz CT molecular complexity index is 940. The van der Waals surface area contributed by atoms with E-state index >= 15 is 0 Å². The molecular formula is C21H29N7O. The van der Waals surface area contributed by atoms with Gasteiger partial charge in [-0.15, -0.1) is 0 Å². The molecule has 2 N–H and O–H groups in total. The lowest BCUT2D eigenvalue weighted by molar-refractivity contribution is 0.414. The van der Waals surface area contributed by atoms with Crippen LogP contribution >= 0.6 is 0 Å². The fourth-order valence-corrected chi connectivity index (χ4v) is 3.07. The monoisotopic (exact) mass is 395 g/mol. The number of ether oxygens (including phenoxy) is 1. The zero-order valence-electron chi connectivity index (χ0n) is 17.5. The molecule has 0 saturated heterocycles. The lowest BCUT2D eigenvalue weighted by Gasteiger charge is -2.11. The molecule has 2 heterocycles. The smallest absolute Gasteiger partial charge is 0.191 e. The number of aliphatic imine (C=N–C) groups is 1. The van der Waals surface area contributed by atoms with Crippen LogP contribution < -0.4 is 15.4 Å². The maximum absolute atomic E-state index is 5.20. The SMILES string of the molecule is CN=C(NCCCn1nc(C)cc1C)NCc1ccn(-c2ccc(OC)cc2)n1. The van der Waals surface area contributed by atoms with E-state index in [-0.39, 0.29) is 0 Å². The van der Waals surface area contributed by atoms with Gasteiger partial charge in [0.25, 0.3) is 0 Å². The molecular weight excluding hydrogens is 366 g/mol. The number of methoxy groups -OCH3 is 1. The van der Waals surface area contributed by atoms with E-state index in [2.05, 4.69) is 38.8 Å². The van der Waals surface area contributed by atoms with Crippen LogP contribution in [-0.4, -0.2) is 46.2 Å². The molecule has 0 atom stereocenters. The van der Waals surface area contributed by atoms with Crippen LogP contribution in [0.5, 0.6) is 5.75 Å². The van der Waals surface area contributed by atoms with Crippen molar-refractivity contribution in [3.63, 3.8) is 0 Å². The molecule has 0 aliphatic carbocycles. The molecule has 0 aliphatic heterocycles. The van der Waals surface area contributed by atoms with Gasteiger partial charge in [-0.25, -0.2) is 4.68 Å². The van der Waals surface area contributed by atoms with Crippen molar-refractivity contribution in [3.8, 4) is 11.4 Å². The van der Waals surface area contributed by atoms with E-state index < -0.39 is 0 Å². The quantitative estimate of drug-likeness (QED) is 0.348. The maximum Gasteiger partial charge on any atom is 0.191 e. The number of hydrogen-bond donors (Lipinski definition) is 2. The van der Waals surface area contributed by atoms with Crippen molar-refractivity contribution >= 4 is 5.96 Å². The molecule has 3 rings (SSSR count). The summed E-state index contributed by atoms with van der Waals surface area (Å²) in [6, 6.07) is 11.9. The van der Waals surface area contributed by atoms with Crippen LogP contribution in [0.2, 0.25) is 0 Å². The van der Waals surface area contributed by atoms with Gasteiger partial charge in [0.15, 0.2) is 5.96 Å². The van der Waals surface area contributed by atoms with Crippen molar-refractivity contribution in [2.24, 2.45) is 4.99 Å². The van der Waals surface area contributed by atoms with Crippen LogP contribution in [-0.2, 0) is 13.1 Å². The lowest BCUT2D eigenvalue weighted by atomic mass is 10.3. The van der Waals surface area contributed by atoms with Gasteiger partial charge in [-0.1, -0.05) is 0 Å². The molecule has 0 unspecified atom stereocenters. The largest absolute Gasteiger partial charge is 0.497 e. The molecule has 0 saturated carbocycles. The Morgan fingerprint density at radius 1 is 1.10 bits per heavy atom. The second-order valence-corrected chi connectivity index (χ2v) is 6.81. The van der Waals surface area contributed by atoms with Gasteiger partial charge in [-0.2, -0.15) is 10.2 Å². The first-order chi connectivity index (χ1) is 14.1. The average Bonchev–Trinajstić information content (AvgIpc) is 3.33. The van der Waals surface area contributed by atoms with Gasteiger partial charge >= 0.3 is 0 Å². The predicted octanol–water partition coefficient (Wildman–Crippen LogP) is 2.45. The molecule has 0 bridgehead atoms. The third-order valence-corrected chi connectivity index (χ3v) is 4.58. The first-order valence-electron chi connectivity index (χ1n) is 9.73. The second kappa shape index (κ2) is 9.77. The number of nitrogens with one attached hydrogen (secondary N) is 2. The van der Waals surface area contributed by atoms with Gasteiger partial charge in [-0.3, -0.25) is 9.67 Å². The number of nitrogens with zero attached hydrogens (tertiary/aromatic N) is 5. The van der Waals surface area contributed by atoms with Crippen LogP contribution in [0.3, 0.4) is 0 Å². The highest BCUT2D eigenvalue weighted by Crippen LogP contribution is 2.14. The number of aryl methyl sites for hydroxylation is 3. The average molecular weight is 396 g/mol. The van der Waals surface area contributed by atoms with Gasteiger partial charge < -0.3 is 15.4 Å². The van der Waals surface area contributed by atoms with Crippen molar-refractivity contribution < 1.29 is 4.74 Å². The first-order valence-corrected chi connectivity index (χ1v) is 9.73. The van der Waals surface area contributed by atoms with Gasteiger partial charge in [0.05, 0.1) is 30.7 Å². The minimum absolute atomic E-state index is 0.598. The summed E-state index contributed by atoms with van der Waals surface area (Å²) in [5.41, 5.74) is 4.18. The Morgan fingerprint density at radius 2 is 1.90 bits per heavy atom. The highest BCUT2D eigenvalue weighted by Gasteiger charge is 2.04. The molecule has 0 spiro atoms. The van der Waals surface area contributed by atoms with Crippen molar-refractivity contribution in [1.29, 1.82) is 0 Å². The van der Waals surface area contributed by atoms with E-state index in [0.29, 0.717) is 6.54 Å². The summed E-state index contributed by atoms with van der Waals surface area (Å²) in [7, 11) is 3.43. The molecule has 0 radical (unpaired) electrons. The molecule has 8 nitrogen and oxygen atoms in total. The number of guanidine groups is 1. The minimum Gasteiger partial charge on any atom is -0.497 e. The van der Waals surface area contributed by atoms with Gasteiger partial charge in [0.1, 0.15) is 5.75 Å². The minimum atomic E-state index is 0.598. The number of aromatic nitrogens is 4. The first kappa shape index (κ1) is 20.4. The summed E-state index contributed by atoms with van der Waals surface area (Å²) in [5.74, 6) is 1.59. The van der Waals surface area contributed by atoms with Crippen LogP contribution in [0, 0.1) is 13.8 Å². The Labute approximate surface area is 171 Å². The van der Waals surface area contributed by atoms with Crippen molar-refractivity contribution in [1.82, 2.24) is 30.2 Å². The molecule has 154 valence electrons. The van der Waals surface area contributed by atoms with E-state index in [1.165, 1.54) is 5.69 Å². The molecule has 1 aromatic carbocycles. The Hall–Kier alpha value is -3.29. The predicted molar refractivity (Wildman–Crippen MR) is 115 cm³/mol. The Kier molecular flexibility index (Phi) is 6.89. The summed E-state index contributed by atoms with van der Waals surface area (Å²) in [6.45, 7) is 6.40. The number of benzene rings is 1. The van der Waals surface area contributed by atoms with Gasteiger partial charge in [-0.05, 0) is 56.7 Å². The Balaban J connectivity index is 1.44. The normalized spacial score (nSPS) is 11.5. The molecule has 8 heteroatoms. The summed E-state index contributed by atoms with van der Waals surface area (Å²) < 4.78 is 9.08. The maximum atomic E-state index is 5.20. The fraction of sp³-hybridized carbons (Fsp3) is 0.381. The summed E-state index contributed by atoms with van der Waals surface area (Å²) in [4.78, 5) is 4.28. The van der Waals surface area contributed by atoms with Crippen molar-refractivity contribution in [3.05, 3.63) is 59.7 Å². The van der Waals surface area contributed by atoms with E-state index in [0.717, 1.165) is 48.3 Å². The van der Waals surface area contributed by atoms with Crippen molar-refractivity contribution in [2.75, 3.05) is 20.7 Å². The van der Waals surface area contributed by atoms with Crippen molar-refractivity contribution in [2.45, 2.75) is 33.4 Å². The Morgan fingerprint density at radius 3 is 2.55 bits per heavy atom. The molecule has 0 fully saturated rings. The van der Waals surface area contributed by atoms with E-state index in [1.54, 1.807) is 14.2 Å². The molecule has 0 aliphatic rings.